The average Bonchev–Trinajstić information content (AvgIpc) is 3.25. The number of piperidine rings is 2. The number of guanidine groups is 1. The molecule has 0 saturated carbocycles. The average molecular weight is 568 g/mol. The molecule has 3 unspecified atom stereocenters. The van der Waals surface area contributed by atoms with Gasteiger partial charge in [-0.3, -0.25) is 14.7 Å². The molecule has 3 fully saturated rings. The molecule has 0 bridgehead atoms. The van der Waals surface area contributed by atoms with Gasteiger partial charge in [-0.05, 0) is 56.6 Å². The van der Waals surface area contributed by atoms with Crippen molar-refractivity contribution in [2.75, 3.05) is 39.8 Å². The van der Waals surface area contributed by atoms with Crippen LogP contribution in [-0.2, 0) is 11.3 Å². The van der Waals surface area contributed by atoms with Crippen LogP contribution < -0.4 is 5.32 Å². The Labute approximate surface area is 217 Å². The molecule has 0 radical (unpaired) electrons. The standard InChI is InChI=1S/C26H41N5O.HI/c1-3-23(31-17-8-12-25(31)32)13-15-28-26(27-2)30-18-14-24-22(20-30)11-7-16-29(24)19-21-9-5-4-6-10-21;/h4-6,9-10,22-24H,3,7-8,11-20H2,1-2H3,(H,27,28);1H. The number of likely N-dealkylation sites (tertiary alicyclic amines) is 3. The van der Waals surface area contributed by atoms with Crippen LogP contribution in [0.4, 0.5) is 0 Å². The number of halogens is 1. The van der Waals surface area contributed by atoms with Crippen molar-refractivity contribution in [1.29, 1.82) is 0 Å². The lowest BCUT2D eigenvalue weighted by atomic mass is 9.83. The summed E-state index contributed by atoms with van der Waals surface area (Å²) in [6.45, 7) is 8.45. The molecule has 1 aromatic carbocycles. The van der Waals surface area contributed by atoms with E-state index in [1.165, 1.54) is 31.4 Å². The van der Waals surface area contributed by atoms with Gasteiger partial charge in [-0.1, -0.05) is 37.3 Å². The number of aliphatic imine (C=N–C) groups is 1. The fourth-order valence-corrected chi connectivity index (χ4v) is 6.03. The van der Waals surface area contributed by atoms with Crippen LogP contribution in [0.2, 0.25) is 0 Å². The van der Waals surface area contributed by atoms with Gasteiger partial charge in [0.25, 0.3) is 0 Å². The van der Waals surface area contributed by atoms with E-state index in [0.29, 0.717) is 23.9 Å². The van der Waals surface area contributed by atoms with Crippen molar-refractivity contribution in [1.82, 2.24) is 20.0 Å². The maximum Gasteiger partial charge on any atom is 0.222 e. The largest absolute Gasteiger partial charge is 0.356 e. The normalized spacial score (nSPS) is 24.9. The number of hydrogen-bond donors (Lipinski definition) is 1. The number of carbonyl (C=O) groups is 1. The quantitative estimate of drug-likeness (QED) is 0.308. The smallest absolute Gasteiger partial charge is 0.222 e. The van der Waals surface area contributed by atoms with Crippen molar-refractivity contribution in [3.63, 3.8) is 0 Å². The molecule has 1 aromatic rings. The van der Waals surface area contributed by atoms with Gasteiger partial charge in [0.2, 0.25) is 5.91 Å². The first kappa shape index (κ1) is 26.3. The first-order valence-corrected chi connectivity index (χ1v) is 12.7. The van der Waals surface area contributed by atoms with E-state index in [4.69, 9.17) is 0 Å². The predicted molar refractivity (Wildman–Crippen MR) is 146 cm³/mol. The van der Waals surface area contributed by atoms with Crippen LogP contribution in [0.3, 0.4) is 0 Å². The second-order valence-corrected chi connectivity index (χ2v) is 9.68. The highest BCUT2D eigenvalue weighted by Gasteiger charge is 2.36. The van der Waals surface area contributed by atoms with Crippen LogP contribution >= 0.6 is 24.0 Å². The number of benzene rings is 1. The van der Waals surface area contributed by atoms with Gasteiger partial charge in [0, 0.05) is 58.3 Å². The van der Waals surface area contributed by atoms with Crippen LogP contribution in [0.15, 0.2) is 35.3 Å². The third kappa shape index (κ3) is 6.62. The number of carbonyl (C=O) groups excluding carboxylic acids is 1. The topological polar surface area (TPSA) is 51.2 Å². The Kier molecular flexibility index (Phi) is 10.3. The Balaban J connectivity index is 0.00000306. The summed E-state index contributed by atoms with van der Waals surface area (Å²) in [7, 11) is 1.90. The summed E-state index contributed by atoms with van der Waals surface area (Å²) in [5.41, 5.74) is 1.43. The van der Waals surface area contributed by atoms with E-state index >= 15 is 0 Å². The summed E-state index contributed by atoms with van der Waals surface area (Å²) in [5.74, 6) is 2.08. The summed E-state index contributed by atoms with van der Waals surface area (Å²) in [6, 6.07) is 11.9. The van der Waals surface area contributed by atoms with Crippen molar-refractivity contribution in [3.8, 4) is 0 Å². The minimum absolute atomic E-state index is 0. The zero-order valence-electron chi connectivity index (χ0n) is 20.4. The van der Waals surface area contributed by atoms with E-state index in [1.54, 1.807) is 0 Å². The van der Waals surface area contributed by atoms with Crippen LogP contribution in [0.5, 0.6) is 0 Å². The highest BCUT2D eigenvalue weighted by molar-refractivity contribution is 14.0. The number of nitrogens with one attached hydrogen (secondary N) is 1. The van der Waals surface area contributed by atoms with Gasteiger partial charge in [0.05, 0.1) is 0 Å². The summed E-state index contributed by atoms with van der Waals surface area (Å²) in [6.07, 6.45) is 7.57. The minimum atomic E-state index is 0. The fraction of sp³-hybridized carbons (Fsp3) is 0.692. The van der Waals surface area contributed by atoms with Crippen LogP contribution in [0.1, 0.15) is 57.4 Å². The molecule has 7 heteroatoms. The van der Waals surface area contributed by atoms with E-state index in [0.717, 1.165) is 64.4 Å². The number of rotatable bonds is 7. The van der Waals surface area contributed by atoms with E-state index in [9.17, 15) is 4.79 Å². The third-order valence-corrected chi connectivity index (χ3v) is 7.71. The zero-order valence-corrected chi connectivity index (χ0v) is 22.7. The highest BCUT2D eigenvalue weighted by atomic mass is 127. The molecule has 0 spiro atoms. The lowest BCUT2D eigenvalue weighted by molar-refractivity contribution is -0.129. The molecule has 6 nitrogen and oxygen atoms in total. The number of nitrogens with zero attached hydrogens (tertiary/aromatic N) is 4. The molecule has 3 atom stereocenters. The zero-order chi connectivity index (χ0) is 22.3. The monoisotopic (exact) mass is 567 g/mol. The molecule has 0 aromatic heterocycles. The van der Waals surface area contributed by atoms with Gasteiger partial charge in [-0.25, -0.2) is 0 Å². The summed E-state index contributed by atoms with van der Waals surface area (Å²) in [5, 5.41) is 3.61. The van der Waals surface area contributed by atoms with Crippen molar-refractivity contribution in [3.05, 3.63) is 35.9 Å². The van der Waals surface area contributed by atoms with Crippen molar-refractivity contribution < 1.29 is 4.79 Å². The van der Waals surface area contributed by atoms with Gasteiger partial charge in [0.15, 0.2) is 5.96 Å². The molecule has 3 aliphatic rings. The maximum atomic E-state index is 12.1. The number of amides is 1. The molecule has 3 aliphatic heterocycles. The molecule has 1 N–H and O–H groups in total. The van der Waals surface area contributed by atoms with E-state index < -0.39 is 0 Å². The van der Waals surface area contributed by atoms with Gasteiger partial charge in [-0.2, -0.15) is 0 Å². The van der Waals surface area contributed by atoms with Gasteiger partial charge >= 0.3 is 0 Å². The summed E-state index contributed by atoms with van der Waals surface area (Å²) < 4.78 is 0. The van der Waals surface area contributed by atoms with Gasteiger partial charge in [0.1, 0.15) is 0 Å². The van der Waals surface area contributed by atoms with Crippen LogP contribution in [0.25, 0.3) is 0 Å². The molecule has 0 aliphatic carbocycles. The van der Waals surface area contributed by atoms with Gasteiger partial charge < -0.3 is 15.1 Å². The van der Waals surface area contributed by atoms with Crippen LogP contribution in [0, 0.1) is 5.92 Å². The van der Waals surface area contributed by atoms with Crippen molar-refractivity contribution >= 4 is 35.8 Å². The second-order valence-electron chi connectivity index (χ2n) is 9.68. The lowest BCUT2D eigenvalue weighted by Crippen LogP contribution is -2.56. The molecule has 4 rings (SSSR count). The Morgan fingerprint density at radius 2 is 1.97 bits per heavy atom. The predicted octanol–water partition coefficient (Wildman–Crippen LogP) is 3.96. The Hall–Kier alpha value is -1.35. The molecular formula is C26H42IN5O. The first-order valence-electron chi connectivity index (χ1n) is 12.7. The van der Waals surface area contributed by atoms with E-state index in [2.05, 4.69) is 62.3 Å². The van der Waals surface area contributed by atoms with Crippen LogP contribution in [-0.4, -0.2) is 78.4 Å². The Bertz CT molecular complexity index is 773. The fourth-order valence-electron chi connectivity index (χ4n) is 6.03. The van der Waals surface area contributed by atoms with E-state index in [1.807, 2.05) is 7.05 Å². The molecule has 184 valence electrons. The van der Waals surface area contributed by atoms with Gasteiger partial charge in [-0.15, -0.1) is 24.0 Å². The third-order valence-electron chi connectivity index (χ3n) is 7.71. The Morgan fingerprint density at radius 3 is 2.67 bits per heavy atom. The molecule has 1 amide bonds. The molecule has 3 heterocycles. The second kappa shape index (κ2) is 12.9. The molecule has 33 heavy (non-hydrogen) atoms. The maximum absolute atomic E-state index is 12.1. The number of fused-ring (bicyclic) bond motifs is 1. The summed E-state index contributed by atoms with van der Waals surface area (Å²) in [4.78, 5) is 24.0. The first-order chi connectivity index (χ1) is 15.7. The number of hydrogen-bond acceptors (Lipinski definition) is 3. The minimum Gasteiger partial charge on any atom is -0.356 e. The van der Waals surface area contributed by atoms with E-state index in [-0.39, 0.29) is 24.0 Å². The van der Waals surface area contributed by atoms with Crippen molar-refractivity contribution in [2.24, 2.45) is 10.9 Å². The molecular weight excluding hydrogens is 525 g/mol. The summed E-state index contributed by atoms with van der Waals surface area (Å²) >= 11 is 0. The lowest BCUT2D eigenvalue weighted by Gasteiger charge is -2.48. The Morgan fingerprint density at radius 1 is 1.15 bits per heavy atom. The highest BCUT2D eigenvalue weighted by Crippen LogP contribution is 2.31. The molecule has 3 saturated heterocycles. The SMILES string of the molecule is CCC(CCNC(=NC)N1CCC2C(CCCN2Cc2ccccc2)C1)N1CCCC1=O.I. The van der Waals surface area contributed by atoms with Crippen molar-refractivity contribution in [2.45, 2.75) is 70.5 Å².